The molecule has 0 bridgehead atoms. The molecule has 0 saturated carbocycles. The zero-order valence-electron chi connectivity index (χ0n) is 14.8. The molecule has 0 saturated heterocycles. The maximum Gasteiger partial charge on any atom is 0.267 e. The average Bonchev–Trinajstić information content (AvgIpc) is 2.58. The van der Waals surface area contributed by atoms with E-state index in [4.69, 9.17) is 10.9 Å². The molecule has 0 radical (unpaired) electrons. The Morgan fingerprint density at radius 1 is 1.32 bits per heavy atom. The molecule has 1 atom stereocenters. The summed E-state index contributed by atoms with van der Waals surface area (Å²) >= 11 is 0. The van der Waals surface area contributed by atoms with Gasteiger partial charge in [0.15, 0.2) is 0 Å². The zero-order chi connectivity index (χ0) is 18.9. The predicted molar refractivity (Wildman–Crippen MR) is 97.6 cm³/mol. The van der Waals surface area contributed by atoms with Crippen molar-refractivity contribution in [1.82, 2.24) is 10.8 Å². The van der Waals surface area contributed by atoms with Gasteiger partial charge in [-0.2, -0.15) is 0 Å². The normalized spacial score (nSPS) is 12.2. The maximum absolute atomic E-state index is 12.3. The summed E-state index contributed by atoms with van der Waals surface area (Å²) in [6.07, 6.45) is 5.52. The lowest BCUT2D eigenvalue weighted by Gasteiger charge is -2.29. The molecule has 1 aromatic carbocycles. The molecule has 25 heavy (non-hydrogen) atoms. The average molecular weight is 343 g/mol. The highest BCUT2D eigenvalue weighted by atomic mass is 16.5. The molecule has 0 fully saturated rings. The highest BCUT2D eigenvalue weighted by Gasteiger charge is 2.33. The number of benzene rings is 1. The standard InChI is InChI=1S/C19H25N3O3/c1-4-5-6-7-8-9-14-10-12-15(13-11-14)17(23)21-16(18(24)22-25)19(2,3)20/h8-13,16,25H,4-5,20H2,1-3H3,(H,21,23)(H,22,24)/b9-8+/t16-/m1/s1. The fourth-order valence-corrected chi connectivity index (χ4v) is 2.01. The lowest BCUT2D eigenvalue weighted by molar-refractivity contribution is -0.132. The zero-order valence-corrected chi connectivity index (χ0v) is 14.8. The van der Waals surface area contributed by atoms with Gasteiger partial charge in [-0.15, -0.1) is 0 Å². The van der Waals surface area contributed by atoms with Gasteiger partial charge in [0, 0.05) is 17.5 Å². The molecule has 0 heterocycles. The number of amides is 2. The fourth-order valence-electron chi connectivity index (χ4n) is 2.01. The summed E-state index contributed by atoms with van der Waals surface area (Å²) in [5.41, 5.74) is 7.66. The number of rotatable bonds is 6. The molecule has 0 aliphatic heterocycles. The van der Waals surface area contributed by atoms with E-state index >= 15 is 0 Å². The van der Waals surface area contributed by atoms with E-state index < -0.39 is 23.4 Å². The van der Waals surface area contributed by atoms with Crippen LogP contribution < -0.4 is 16.5 Å². The van der Waals surface area contributed by atoms with Gasteiger partial charge < -0.3 is 11.1 Å². The molecule has 134 valence electrons. The van der Waals surface area contributed by atoms with Gasteiger partial charge in [-0.25, -0.2) is 5.48 Å². The molecule has 0 aliphatic rings. The van der Waals surface area contributed by atoms with Crippen LogP contribution in [0.1, 0.15) is 49.5 Å². The molecule has 5 N–H and O–H groups in total. The van der Waals surface area contributed by atoms with Gasteiger partial charge in [-0.05, 0) is 50.1 Å². The van der Waals surface area contributed by atoms with Crippen molar-refractivity contribution in [2.45, 2.75) is 45.2 Å². The molecular weight excluding hydrogens is 318 g/mol. The topological polar surface area (TPSA) is 104 Å². The first kappa shape index (κ1) is 20.4. The number of hydrogen-bond acceptors (Lipinski definition) is 4. The van der Waals surface area contributed by atoms with Crippen LogP contribution in [0.15, 0.2) is 30.3 Å². The van der Waals surface area contributed by atoms with Crippen molar-refractivity contribution in [2.24, 2.45) is 5.73 Å². The third-order valence-electron chi connectivity index (χ3n) is 3.40. The van der Waals surface area contributed by atoms with Crippen LogP contribution in [0.3, 0.4) is 0 Å². The van der Waals surface area contributed by atoms with Gasteiger partial charge in [0.2, 0.25) is 0 Å². The van der Waals surface area contributed by atoms with Crippen LogP contribution in [-0.4, -0.2) is 28.6 Å². The molecular formula is C19H25N3O3. The molecule has 6 heteroatoms. The van der Waals surface area contributed by atoms with Gasteiger partial charge in [-0.1, -0.05) is 30.9 Å². The van der Waals surface area contributed by atoms with Gasteiger partial charge >= 0.3 is 0 Å². The second-order valence-corrected chi connectivity index (χ2v) is 6.23. The lowest BCUT2D eigenvalue weighted by Crippen LogP contribution is -2.61. The van der Waals surface area contributed by atoms with Crippen molar-refractivity contribution < 1.29 is 14.8 Å². The van der Waals surface area contributed by atoms with E-state index in [2.05, 4.69) is 24.1 Å². The van der Waals surface area contributed by atoms with Crippen molar-refractivity contribution in [1.29, 1.82) is 0 Å². The van der Waals surface area contributed by atoms with Crippen molar-refractivity contribution in [3.63, 3.8) is 0 Å². The van der Waals surface area contributed by atoms with E-state index in [0.717, 1.165) is 18.4 Å². The van der Waals surface area contributed by atoms with Gasteiger partial charge in [0.1, 0.15) is 6.04 Å². The van der Waals surface area contributed by atoms with Crippen LogP contribution in [-0.2, 0) is 4.79 Å². The Morgan fingerprint density at radius 3 is 2.48 bits per heavy atom. The summed E-state index contributed by atoms with van der Waals surface area (Å²) in [6.45, 7) is 5.24. The number of nitrogens with one attached hydrogen (secondary N) is 2. The first-order valence-corrected chi connectivity index (χ1v) is 8.08. The lowest BCUT2D eigenvalue weighted by atomic mass is 9.95. The number of carbonyl (C=O) groups excluding carboxylic acids is 2. The molecule has 0 aromatic heterocycles. The number of hydrogen-bond donors (Lipinski definition) is 4. The summed E-state index contributed by atoms with van der Waals surface area (Å²) in [5.74, 6) is 4.73. The predicted octanol–water partition coefficient (Wildman–Crippen LogP) is 1.84. The van der Waals surface area contributed by atoms with Crippen molar-refractivity contribution in [3.8, 4) is 11.8 Å². The summed E-state index contributed by atoms with van der Waals surface area (Å²) in [6, 6.07) is 5.78. The first-order chi connectivity index (χ1) is 11.8. The van der Waals surface area contributed by atoms with Crippen molar-refractivity contribution >= 4 is 17.9 Å². The fraction of sp³-hybridized carbons (Fsp3) is 0.368. The quantitative estimate of drug-likeness (QED) is 0.359. The number of carbonyl (C=O) groups is 2. The SMILES string of the molecule is CCCC#C/C=C/c1ccc(C(=O)N[C@H](C(=O)NO)C(C)(C)N)cc1. The maximum atomic E-state index is 12.3. The van der Waals surface area contributed by atoms with Crippen LogP contribution in [0.4, 0.5) is 0 Å². The minimum absolute atomic E-state index is 0.384. The molecule has 2 amide bonds. The van der Waals surface area contributed by atoms with Crippen LogP contribution in [0.2, 0.25) is 0 Å². The summed E-state index contributed by atoms with van der Waals surface area (Å²) < 4.78 is 0. The minimum Gasteiger partial charge on any atom is -0.338 e. The van der Waals surface area contributed by atoms with Crippen LogP contribution in [0.25, 0.3) is 6.08 Å². The summed E-state index contributed by atoms with van der Waals surface area (Å²) in [5, 5.41) is 11.3. The van der Waals surface area contributed by atoms with E-state index in [1.165, 1.54) is 5.48 Å². The van der Waals surface area contributed by atoms with Crippen molar-refractivity contribution in [2.75, 3.05) is 0 Å². The number of hydroxylamine groups is 1. The summed E-state index contributed by atoms with van der Waals surface area (Å²) in [4.78, 5) is 24.0. The monoisotopic (exact) mass is 343 g/mol. The van der Waals surface area contributed by atoms with E-state index in [1.54, 1.807) is 44.2 Å². The largest absolute Gasteiger partial charge is 0.338 e. The van der Waals surface area contributed by atoms with Crippen LogP contribution >= 0.6 is 0 Å². The van der Waals surface area contributed by atoms with E-state index in [-0.39, 0.29) is 0 Å². The molecule has 0 spiro atoms. The van der Waals surface area contributed by atoms with Gasteiger partial charge in [0.25, 0.3) is 11.8 Å². The third kappa shape index (κ3) is 6.79. The number of allylic oxidation sites excluding steroid dienone is 1. The molecule has 1 aromatic rings. The smallest absolute Gasteiger partial charge is 0.267 e. The number of unbranched alkanes of at least 4 members (excludes halogenated alkanes) is 1. The Hall–Kier alpha value is -2.62. The molecule has 0 unspecified atom stereocenters. The molecule has 1 rings (SSSR count). The first-order valence-electron chi connectivity index (χ1n) is 8.08. The third-order valence-corrected chi connectivity index (χ3v) is 3.40. The Balaban J connectivity index is 2.79. The molecule has 0 aliphatic carbocycles. The van der Waals surface area contributed by atoms with Gasteiger partial charge in [-0.3, -0.25) is 14.8 Å². The minimum atomic E-state index is -1.07. The van der Waals surface area contributed by atoms with Crippen LogP contribution in [0.5, 0.6) is 0 Å². The highest BCUT2D eigenvalue weighted by Crippen LogP contribution is 2.10. The Bertz CT molecular complexity index is 677. The second-order valence-electron chi connectivity index (χ2n) is 6.23. The Morgan fingerprint density at radius 2 is 1.96 bits per heavy atom. The van der Waals surface area contributed by atoms with Gasteiger partial charge in [0.05, 0.1) is 0 Å². The summed E-state index contributed by atoms with van der Waals surface area (Å²) in [7, 11) is 0. The Labute approximate surface area is 148 Å². The Kier molecular flexibility index (Phi) is 7.86. The van der Waals surface area contributed by atoms with E-state index in [0.29, 0.717) is 5.56 Å². The second kappa shape index (κ2) is 9.62. The molecule has 6 nitrogen and oxygen atoms in total. The van der Waals surface area contributed by atoms with Crippen molar-refractivity contribution in [3.05, 3.63) is 41.5 Å². The highest BCUT2D eigenvalue weighted by molar-refractivity contribution is 5.98. The van der Waals surface area contributed by atoms with Crippen LogP contribution in [0, 0.1) is 11.8 Å². The van der Waals surface area contributed by atoms with E-state index in [9.17, 15) is 9.59 Å². The number of nitrogens with two attached hydrogens (primary N) is 1. The van der Waals surface area contributed by atoms with E-state index in [1.807, 2.05) is 6.08 Å².